The van der Waals surface area contributed by atoms with Crippen molar-refractivity contribution in [3.63, 3.8) is 0 Å². The highest BCUT2D eigenvalue weighted by atomic mass is 32.2. The van der Waals surface area contributed by atoms with Crippen molar-refractivity contribution in [1.82, 2.24) is 10.2 Å². The first-order valence-electron chi connectivity index (χ1n) is 9.01. The lowest BCUT2D eigenvalue weighted by molar-refractivity contribution is -0.120. The molecule has 6 nitrogen and oxygen atoms in total. The number of ketones is 1. The zero-order valence-electron chi connectivity index (χ0n) is 15.9. The molecule has 0 saturated heterocycles. The van der Waals surface area contributed by atoms with Crippen molar-refractivity contribution in [2.45, 2.75) is 43.9 Å². The number of Topliss-reactive ketones (excluding diaryl/α,β-unsaturated/α-hetero) is 1. The first-order valence-corrected chi connectivity index (χ1v) is 10.8. The summed E-state index contributed by atoms with van der Waals surface area (Å²) in [7, 11) is 1.57. The number of nitrogens with one attached hydrogen (secondary N) is 1. The smallest absolute Gasteiger partial charge is 0.229 e. The van der Waals surface area contributed by atoms with Crippen molar-refractivity contribution in [3.05, 3.63) is 29.8 Å². The number of unbranched alkanes of at least 4 members (excludes halogenated alkanes) is 1. The molecule has 1 atom stereocenters. The molecular formula is C19H25N3O3S2. The van der Waals surface area contributed by atoms with Gasteiger partial charge in [0.05, 0.1) is 12.9 Å². The lowest BCUT2D eigenvalue weighted by Gasteiger charge is -2.12. The zero-order chi connectivity index (χ0) is 19.6. The van der Waals surface area contributed by atoms with Gasteiger partial charge >= 0.3 is 0 Å². The average Bonchev–Trinajstić information content (AvgIpc) is 3.14. The lowest BCUT2D eigenvalue weighted by Crippen LogP contribution is -2.22. The number of anilines is 1. The van der Waals surface area contributed by atoms with Gasteiger partial charge in [-0.3, -0.25) is 9.59 Å². The first-order chi connectivity index (χ1) is 13.1. The van der Waals surface area contributed by atoms with Gasteiger partial charge < -0.3 is 10.1 Å². The van der Waals surface area contributed by atoms with Crippen LogP contribution in [0.25, 0.3) is 0 Å². The van der Waals surface area contributed by atoms with Gasteiger partial charge in [-0.2, -0.15) is 0 Å². The number of aromatic nitrogens is 2. The van der Waals surface area contributed by atoms with Crippen LogP contribution in [0.1, 0.15) is 49.9 Å². The Hall–Kier alpha value is -1.93. The van der Waals surface area contributed by atoms with Crippen molar-refractivity contribution in [3.8, 4) is 5.75 Å². The molecule has 0 aliphatic rings. The molecule has 0 bridgehead atoms. The van der Waals surface area contributed by atoms with Gasteiger partial charge in [0, 0.05) is 11.5 Å². The molecule has 8 heteroatoms. The third kappa shape index (κ3) is 6.62. The number of rotatable bonds is 11. The minimum Gasteiger partial charge on any atom is -0.497 e. The van der Waals surface area contributed by atoms with Crippen LogP contribution >= 0.6 is 23.1 Å². The Labute approximate surface area is 168 Å². The molecule has 1 aromatic carbocycles. The molecule has 0 aliphatic heterocycles. The number of hydrogen-bond donors (Lipinski definition) is 1. The molecule has 0 saturated carbocycles. The summed E-state index contributed by atoms with van der Waals surface area (Å²) in [5, 5.41) is 11.4. The number of benzene rings is 1. The molecule has 0 spiro atoms. The maximum absolute atomic E-state index is 12.3. The number of hydrogen-bond acceptors (Lipinski definition) is 7. The van der Waals surface area contributed by atoms with Crippen LogP contribution in [0.4, 0.5) is 5.13 Å². The maximum Gasteiger partial charge on any atom is 0.229 e. The van der Waals surface area contributed by atoms with Crippen molar-refractivity contribution >= 4 is 39.9 Å². The molecular weight excluding hydrogens is 382 g/mol. The number of nitrogens with zero attached hydrogens (tertiary/aromatic N) is 2. The van der Waals surface area contributed by atoms with Gasteiger partial charge in [0.15, 0.2) is 10.1 Å². The number of carbonyl (C=O) groups excluding carboxylic acids is 2. The van der Waals surface area contributed by atoms with Gasteiger partial charge in [-0.05, 0) is 25.0 Å². The summed E-state index contributed by atoms with van der Waals surface area (Å²) in [6.45, 7) is 4.14. The fourth-order valence-electron chi connectivity index (χ4n) is 2.50. The van der Waals surface area contributed by atoms with Crippen LogP contribution in [-0.4, -0.2) is 34.8 Å². The summed E-state index contributed by atoms with van der Waals surface area (Å²) in [6.07, 6.45) is 3.80. The van der Waals surface area contributed by atoms with Gasteiger partial charge in [-0.15, -0.1) is 10.2 Å². The molecule has 2 aromatic rings. The van der Waals surface area contributed by atoms with Crippen molar-refractivity contribution in [1.29, 1.82) is 0 Å². The third-order valence-electron chi connectivity index (χ3n) is 4.12. The highest BCUT2D eigenvalue weighted by Gasteiger charge is 2.18. The molecule has 1 amide bonds. The van der Waals surface area contributed by atoms with Crippen LogP contribution in [0.3, 0.4) is 0 Å². The van der Waals surface area contributed by atoms with Gasteiger partial charge in [0.2, 0.25) is 11.0 Å². The number of amides is 1. The SMILES string of the molecule is CCCCC(CC)C(=O)Nc1nnc(SCC(=O)c2cccc(OC)c2)s1. The summed E-state index contributed by atoms with van der Waals surface area (Å²) in [5.41, 5.74) is 0.599. The second-order valence-corrected chi connectivity index (χ2v) is 8.25. The van der Waals surface area contributed by atoms with E-state index in [1.807, 2.05) is 6.92 Å². The van der Waals surface area contributed by atoms with Gasteiger partial charge in [-0.1, -0.05) is 61.9 Å². The lowest BCUT2D eigenvalue weighted by atomic mass is 9.99. The van der Waals surface area contributed by atoms with Gasteiger partial charge in [0.25, 0.3) is 0 Å². The quantitative estimate of drug-likeness (QED) is 0.331. The van der Waals surface area contributed by atoms with Crippen LogP contribution in [0.5, 0.6) is 5.75 Å². The molecule has 146 valence electrons. The van der Waals surface area contributed by atoms with E-state index >= 15 is 0 Å². The van der Waals surface area contributed by atoms with Crippen molar-refractivity contribution in [2.24, 2.45) is 5.92 Å². The molecule has 2 rings (SSSR count). The Balaban J connectivity index is 1.88. The highest BCUT2D eigenvalue weighted by molar-refractivity contribution is 8.01. The molecule has 1 heterocycles. The Morgan fingerprint density at radius 2 is 2.11 bits per heavy atom. The van der Waals surface area contributed by atoms with E-state index in [1.165, 1.54) is 23.1 Å². The summed E-state index contributed by atoms with van der Waals surface area (Å²) < 4.78 is 5.80. The molecule has 0 aliphatic carbocycles. The second kappa shape index (κ2) is 11.0. The zero-order valence-corrected chi connectivity index (χ0v) is 17.5. The fourth-order valence-corrected chi connectivity index (χ4v) is 4.15. The average molecular weight is 408 g/mol. The summed E-state index contributed by atoms with van der Waals surface area (Å²) in [4.78, 5) is 24.6. The third-order valence-corrected chi connectivity index (χ3v) is 6.10. The van der Waals surface area contributed by atoms with Crippen LogP contribution in [0, 0.1) is 5.92 Å². The Bertz CT molecular complexity index is 764. The van der Waals surface area contributed by atoms with Crippen molar-refractivity contribution in [2.75, 3.05) is 18.2 Å². The van der Waals surface area contributed by atoms with Crippen LogP contribution in [0.15, 0.2) is 28.6 Å². The minimum absolute atomic E-state index is 0.000378. The molecule has 1 N–H and O–H groups in total. The monoisotopic (exact) mass is 407 g/mol. The van der Waals surface area contributed by atoms with E-state index in [4.69, 9.17) is 4.74 Å². The summed E-state index contributed by atoms with van der Waals surface area (Å²) in [5.74, 6) is 0.889. The van der Waals surface area contributed by atoms with Crippen molar-refractivity contribution < 1.29 is 14.3 Å². The van der Waals surface area contributed by atoms with E-state index in [0.29, 0.717) is 20.8 Å². The Kier molecular flexibility index (Phi) is 8.74. The van der Waals surface area contributed by atoms with E-state index in [1.54, 1.807) is 31.4 Å². The fraction of sp³-hybridized carbons (Fsp3) is 0.474. The largest absolute Gasteiger partial charge is 0.497 e. The highest BCUT2D eigenvalue weighted by Crippen LogP contribution is 2.27. The van der Waals surface area contributed by atoms with E-state index in [-0.39, 0.29) is 23.4 Å². The van der Waals surface area contributed by atoms with Crippen LogP contribution < -0.4 is 10.1 Å². The van der Waals surface area contributed by atoms with E-state index in [0.717, 1.165) is 25.7 Å². The molecule has 27 heavy (non-hydrogen) atoms. The number of methoxy groups -OCH3 is 1. The number of ether oxygens (including phenoxy) is 1. The Morgan fingerprint density at radius 1 is 1.30 bits per heavy atom. The summed E-state index contributed by atoms with van der Waals surface area (Å²) in [6, 6.07) is 7.07. The normalized spacial score (nSPS) is 11.8. The number of thioether (sulfide) groups is 1. The predicted molar refractivity (Wildman–Crippen MR) is 110 cm³/mol. The molecule has 1 unspecified atom stereocenters. The molecule has 0 fully saturated rings. The molecule has 1 aromatic heterocycles. The van der Waals surface area contributed by atoms with Gasteiger partial charge in [-0.25, -0.2) is 0 Å². The second-order valence-electron chi connectivity index (χ2n) is 6.05. The Morgan fingerprint density at radius 3 is 2.81 bits per heavy atom. The number of carbonyl (C=O) groups is 2. The standard InChI is InChI=1S/C19H25N3O3S2/c1-4-6-8-13(5-2)17(24)20-18-21-22-19(27-18)26-12-16(23)14-9-7-10-15(11-14)25-3/h7,9-11,13H,4-6,8,12H2,1-3H3,(H,20,21,24). The first kappa shape index (κ1) is 21.4. The van der Waals surface area contributed by atoms with Crippen LogP contribution in [-0.2, 0) is 4.79 Å². The predicted octanol–water partition coefficient (Wildman–Crippen LogP) is 4.68. The van der Waals surface area contributed by atoms with E-state index in [2.05, 4.69) is 22.4 Å². The summed E-state index contributed by atoms with van der Waals surface area (Å²) >= 11 is 2.61. The van der Waals surface area contributed by atoms with Crippen LogP contribution in [0.2, 0.25) is 0 Å². The maximum atomic E-state index is 12.3. The van der Waals surface area contributed by atoms with E-state index < -0.39 is 0 Å². The minimum atomic E-state index is -0.00898. The topological polar surface area (TPSA) is 81.2 Å². The molecule has 0 radical (unpaired) electrons. The van der Waals surface area contributed by atoms with Gasteiger partial charge in [0.1, 0.15) is 5.75 Å². The van der Waals surface area contributed by atoms with E-state index in [9.17, 15) is 9.59 Å².